The van der Waals surface area contributed by atoms with Gasteiger partial charge in [0.25, 0.3) is 0 Å². The summed E-state index contributed by atoms with van der Waals surface area (Å²) in [6.07, 6.45) is 6.43. The van der Waals surface area contributed by atoms with E-state index in [2.05, 4.69) is 19.2 Å². The molecular weight excluding hydrogens is 200 g/mol. The molecular formula is C13H26N2O. The van der Waals surface area contributed by atoms with E-state index in [1.807, 2.05) is 0 Å². The van der Waals surface area contributed by atoms with Crippen LogP contribution in [0.1, 0.15) is 52.4 Å². The van der Waals surface area contributed by atoms with Crippen molar-refractivity contribution >= 4 is 5.91 Å². The molecule has 0 radical (unpaired) electrons. The van der Waals surface area contributed by atoms with Gasteiger partial charge in [0.2, 0.25) is 5.91 Å². The molecule has 0 saturated heterocycles. The zero-order chi connectivity index (χ0) is 12.0. The smallest absolute Gasteiger partial charge is 0.223 e. The van der Waals surface area contributed by atoms with Crippen molar-refractivity contribution in [3.63, 3.8) is 0 Å². The predicted molar refractivity (Wildman–Crippen MR) is 67.0 cm³/mol. The fourth-order valence-electron chi connectivity index (χ4n) is 2.60. The summed E-state index contributed by atoms with van der Waals surface area (Å²) < 4.78 is 0. The van der Waals surface area contributed by atoms with E-state index < -0.39 is 0 Å². The summed E-state index contributed by atoms with van der Waals surface area (Å²) in [6.45, 7) is 5.19. The van der Waals surface area contributed by atoms with Gasteiger partial charge in [0.05, 0.1) is 0 Å². The number of hydrogen-bond acceptors (Lipinski definition) is 2. The Kier molecular flexibility index (Phi) is 5.81. The van der Waals surface area contributed by atoms with Crippen molar-refractivity contribution in [3.8, 4) is 0 Å². The molecule has 0 spiro atoms. The molecule has 3 unspecified atom stereocenters. The maximum Gasteiger partial charge on any atom is 0.223 e. The third kappa shape index (κ3) is 4.52. The van der Waals surface area contributed by atoms with Gasteiger partial charge in [0.15, 0.2) is 0 Å². The Hall–Kier alpha value is -0.570. The lowest BCUT2D eigenvalue weighted by Crippen LogP contribution is -2.40. The Morgan fingerprint density at radius 2 is 2.06 bits per heavy atom. The topological polar surface area (TPSA) is 55.1 Å². The zero-order valence-electron chi connectivity index (χ0n) is 10.7. The van der Waals surface area contributed by atoms with Crippen LogP contribution < -0.4 is 11.1 Å². The van der Waals surface area contributed by atoms with Gasteiger partial charge in [-0.2, -0.15) is 0 Å². The molecule has 3 N–H and O–H groups in total. The average molecular weight is 226 g/mol. The van der Waals surface area contributed by atoms with Gasteiger partial charge in [0, 0.05) is 18.5 Å². The highest BCUT2D eigenvalue weighted by molar-refractivity contribution is 5.78. The SMILES string of the molecule is CCCCCNC(=O)C1CC(C)CC(N)C1. The second-order valence-corrected chi connectivity index (χ2v) is 5.27. The molecule has 3 heteroatoms. The van der Waals surface area contributed by atoms with E-state index in [1.165, 1.54) is 12.8 Å². The minimum Gasteiger partial charge on any atom is -0.356 e. The van der Waals surface area contributed by atoms with Gasteiger partial charge in [-0.05, 0) is 31.6 Å². The van der Waals surface area contributed by atoms with Crippen molar-refractivity contribution in [3.05, 3.63) is 0 Å². The molecule has 1 amide bonds. The van der Waals surface area contributed by atoms with Crippen LogP contribution >= 0.6 is 0 Å². The highest BCUT2D eigenvalue weighted by atomic mass is 16.1. The first-order chi connectivity index (χ1) is 7.63. The molecule has 1 rings (SSSR count). The molecule has 0 aliphatic heterocycles. The summed E-state index contributed by atoms with van der Waals surface area (Å²) in [7, 11) is 0. The molecule has 94 valence electrons. The largest absolute Gasteiger partial charge is 0.356 e. The standard InChI is InChI=1S/C13H26N2O/c1-3-4-5-6-15-13(16)11-7-10(2)8-12(14)9-11/h10-12H,3-9,14H2,1-2H3,(H,15,16). The van der Waals surface area contributed by atoms with Gasteiger partial charge in [-0.3, -0.25) is 4.79 Å². The van der Waals surface area contributed by atoms with Crippen LogP contribution in [0.25, 0.3) is 0 Å². The fourth-order valence-corrected chi connectivity index (χ4v) is 2.60. The van der Waals surface area contributed by atoms with Crippen molar-refractivity contribution in [2.75, 3.05) is 6.54 Å². The van der Waals surface area contributed by atoms with Crippen LogP contribution in [0.3, 0.4) is 0 Å². The maximum absolute atomic E-state index is 11.9. The maximum atomic E-state index is 11.9. The van der Waals surface area contributed by atoms with Crippen LogP contribution in [0.4, 0.5) is 0 Å². The number of carbonyl (C=O) groups excluding carboxylic acids is 1. The zero-order valence-corrected chi connectivity index (χ0v) is 10.7. The van der Waals surface area contributed by atoms with E-state index in [0.29, 0.717) is 5.92 Å². The molecule has 0 aromatic carbocycles. The molecule has 16 heavy (non-hydrogen) atoms. The Bertz CT molecular complexity index is 208. The van der Waals surface area contributed by atoms with Crippen LogP contribution in [-0.4, -0.2) is 18.5 Å². The van der Waals surface area contributed by atoms with E-state index in [4.69, 9.17) is 5.73 Å². The van der Waals surface area contributed by atoms with Crippen LogP contribution in [-0.2, 0) is 4.79 Å². The van der Waals surface area contributed by atoms with E-state index in [0.717, 1.165) is 32.2 Å². The summed E-state index contributed by atoms with van der Waals surface area (Å²) in [4.78, 5) is 11.9. The molecule has 1 aliphatic rings. The summed E-state index contributed by atoms with van der Waals surface area (Å²) in [5.41, 5.74) is 5.95. The monoisotopic (exact) mass is 226 g/mol. The van der Waals surface area contributed by atoms with E-state index in [1.54, 1.807) is 0 Å². The highest BCUT2D eigenvalue weighted by Crippen LogP contribution is 2.27. The van der Waals surface area contributed by atoms with Gasteiger partial charge < -0.3 is 11.1 Å². The molecule has 3 atom stereocenters. The van der Waals surface area contributed by atoms with E-state index >= 15 is 0 Å². The van der Waals surface area contributed by atoms with Gasteiger partial charge in [-0.1, -0.05) is 26.7 Å². The molecule has 0 heterocycles. The molecule has 1 fully saturated rings. The van der Waals surface area contributed by atoms with E-state index in [-0.39, 0.29) is 17.9 Å². The predicted octanol–water partition coefficient (Wildman–Crippen LogP) is 2.06. The number of nitrogens with one attached hydrogen (secondary N) is 1. The van der Waals surface area contributed by atoms with Crippen LogP contribution in [0.5, 0.6) is 0 Å². The first kappa shape index (κ1) is 13.5. The van der Waals surface area contributed by atoms with Crippen molar-refractivity contribution < 1.29 is 4.79 Å². The van der Waals surface area contributed by atoms with Crippen LogP contribution in [0, 0.1) is 11.8 Å². The summed E-state index contributed by atoms with van der Waals surface area (Å²) in [5, 5.41) is 3.03. The summed E-state index contributed by atoms with van der Waals surface area (Å²) in [5.74, 6) is 0.966. The number of carbonyl (C=O) groups is 1. The van der Waals surface area contributed by atoms with Crippen molar-refractivity contribution in [1.82, 2.24) is 5.32 Å². The molecule has 0 aromatic rings. The highest BCUT2D eigenvalue weighted by Gasteiger charge is 2.28. The number of nitrogens with two attached hydrogens (primary N) is 1. The minimum absolute atomic E-state index is 0.153. The molecule has 0 bridgehead atoms. The van der Waals surface area contributed by atoms with Crippen LogP contribution in [0.15, 0.2) is 0 Å². The summed E-state index contributed by atoms with van der Waals surface area (Å²) >= 11 is 0. The lowest BCUT2D eigenvalue weighted by molar-refractivity contribution is -0.126. The van der Waals surface area contributed by atoms with Crippen molar-refractivity contribution in [2.45, 2.75) is 58.4 Å². The molecule has 0 aromatic heterocycles. The lowest BCUT2D eigenvalue weighted by atomic mass is 9.79. The van der Waals surface area contributed by atoms with E-state index in [9.17, 15) is 4.79 Å². The van der Waals surface area contributed by atoms with Crippen LogP contribution in [0.2, 0.25) is 0 Å². The number of amides is 1. The molecule has 1 aliphatic carbocycles. The lowest BCUT2D eigenvalue weighted by Gasteiger charge is -2.30. The van der Waals surface area contributed by atoms with Gasteiger partial charge >= 0.3 is 0 Å². The normalized spacial score (nSPS) is 30.1. The van der Waals surface area contributed by atoms with Crippen molar-refractivity contribution in [2.24, 2.45) is 17.6 Å². The van der Waals surface area contributed by atoms with Gasteiger partial charge in [0.1, 0.15) is 0 Å². The number of unbranched alkanes of at least 4 members (excludes halogenated alkanes) is 2. The van der Waals surface area contributed by atoms with Gasteiger partial charge in [-0.15, -0.1) is 0 Å². The Morgan fingerprint density at radius 3 is 2.69 bits per heavy atom. The first-order valence-corrected chi connectivity index (χ1v) is 6.66. The molecule has 1 saturated carbocycles. The summed E-state index contributed by atoms with van der Waals surface area (Å²) in [6, 6.07) is 0.218. The van der Waals surface area contributed by atoms with Crippen molar-refractivity contribution in [1.29, 1.82) is 0 Å². The second-order valence-electron chi connectivity index (χ2n) is 5.27. The third-order valence-electron chi connectivity index (χ3n) is 3.43. The fraction of sp³-hybridized carbons (Fsp3) is 0.923. The number of hydrogen-bond donors (Lipinski definition) is 2. The van der Waals surface area contributed by atoms with Gasteiger partial charge in [-0.25, -0.2) is 0 Å². The average Bonchev–Trinajstić information content (AvgIpc) is 2.22. The third-order valence-corrected chi connectivity index (χ3v) is 3.43. The minimum atomic E-state index is 0.153. The second kappa shape index (κ2) is 6.89. The Balaban J connectivity index is 2.24. The molecule has 3 nitrogen and oxygen atoms in total. The first-order valence-electron chi connectivity index (χ1n) is 6.66. The Morgan fingerprint density at radius 1 is 1.31 bits per heavy atom. The quantitative estimate of drug-likeness (QED) is 0.705. The Labute approximate surface area is 99.2 Å². The number of rotatable bonds is 5.